The van der Waals surface area contributed by atoms with E-state index in [1.165, 1.54) is 25.9 Å². The average Bonchev–Trinajstić information content (AvgIpc) is 2.03. The summed E-state index contributed by atoms with van der Waals surface area (Å²) in [5, 5.41) is 6.71. The molecule has 1 aliphatic rings. The van der Waals surface area contributed by atoms with Crippen LogP contribution in [0.4, 0.5) is 0 Å². The Morgan fingerprint density at radius 1 is 1.45 bits per heavy atom. The van der Waals surface area contributed by atoms with Gasteiger partial charge in [0.15, 0.2) is 0 Å². The van der Waals surface area contributed by atoms with E-state index in [4.69, 9.17) is 0 Å². The van der Waals surface area contributed by atoms with E-state index in [0.29, 0.717) is 0 Å². The molecule has 66 valence electrons. The van der Waals surface area contributed by atoms with Gasteiger partial charge in [-0.05, 0) is 40.0 Å². The molecule has 1 fully saturated rings. The molecule has 2 N–H and O–H groups in total. The van der Waals surface area contributed by atoms with Gasteiger partial charge in [-0.15, -0.1) is 0 Å². The average molecular weight is 157 g/mol. The molecule has 3 nitrogen and oxygen atoms in total. The van der Waals surface area contributed by atoms with Crippen molar-refractivity contribution in [3.63, 3.8) is 0 Å². The van der Waals surface area contributed by atoms with Crippen LogP contribution >= 0.6 is 0 Å². The molecule has 0 bridgehead atoms. The molecule has 0 aromatic rings. The monoisotopic (exact) mass is 157 g/mol. The Bertz CT molecular complexity index is 97.5. The molecular formula is C8H19N3. The van der Waals surface area contributed by atoms with Gasteiger partial charge in [-0.3, -0.25) is 0 Å². The summed E-state index contributed by atoms with van der Waals surface area (Å²) in [6.45, 7) is 3.35. The third-order valence-corrected chi connectivity index (χ3v) is 2.11. The third kappa shape index (κ3) is 3.70. The van der Waals surface area contributed by atoms with Gasteiger partial charge in [-0.25, -0.2) is 0 Å². The van der Waals surface area contributed by atoms with Gasteiger partial charge in [0.2, 0.25) is 0 Å². The molecule has 1 unspecified atom stereocenters. The first-order valence-electron chi connectivity index (χ1n) is 4.38. The molecule has 11 heavy (non-hydrogen) atoms. The first-order valence-corrected chi connectivity index (χ1v) is 4.38. The van der Waals surface area contributed by atoms with E-state index in [2.05, 4.69) is 29.6 Å². The predicted octanol–water partition coefficient (Wildman–Crippen LogP) is -0.153. The van der Waals surface area contributed by atoms with Crippen LogP contribution in [0.5, 0.6) is 0 Å². The highest BCUT2D eigenvalue weighted by Gasteiger charge is 2.10. The van der Waals surface area contributed by atoms with Crippen LogP contribution < -0.4 is 10.6 Å². The summed E-state index contributed by atoms with van der Waals surface area (Å²) in [4.78, 5) is 2.24. The maximum atomic E-state index is 3.44. The highest BCUT2D eigenvalue weighted by Crippen LogP contribution is 2.00. The Morgan fingerprint density at radius 2 is 2.27 bits per heavy atom. The van der Waals surface area contributed by atoms with Crippen molar-refractivity contribution >= 4 is 0 Å². The highest BCUT2D eigenvalue weighted by atomic mass is 15.1. The molecule has 1 aliphatic heterocycles. The fourth-order valence-corrected chi connectivity index (χ4v) is 1.34. The van der Waals surface area contributed by atoms with Crippen LogP contribution in [0.1, 0.15) is 12.8 Å². The lowest BCUT2D eigenvalue weighted by Gasteiger charge is -2.25. The van der Waals surface area contributed by atoms with Crippen molar-refractivity contribution in [3.05, 3.63) is 0 Å². The Morgan fingerprint density at radius 3 is 2.82 bits per heavy atom. The largest absolute Gasteiger partial charge is 0.309 e. The molecule has 0 aromatic heterocycles. The number of hydrogen-bond donors (Lipinski definition) is 2. The molecule has 3 heteroatoms. The normalized spacial score (nSPS) is 25.9. The second-order valence-corrected chi connectivity index (χ2v) is 3.46. The van der Waals surface area contributed by atoms with Gasteiger partial charge in [-0.1, -0.05) is 0 Å². The van der Waals surface area contributed by atoms with Gasteiger partial charge in [0.25, 0.3) is 0 Å². The maximum Gasteiger partial charge on any atom is 0.0456 e. The second-order valence-electron chi connectivity index (χ2n) is 3.46. The molecule has 0 saturated carbocycles. The minimum Gasteiger partial charge on any atom is -0.309 e. The van der Waals surface area contributed by atoms with Crippen molar-refractivity contribution in [2.24, 2.45) is 0 Å². The topological polar surface area (TPSA) is 27.3 Å². The predicted molar refractivity (Wildman–Crippen MR) is 47.6 cm³/mol. The molecule has 1 rings (SSSR count). The van der Waals surface area contributed by atoms with Crippen molar-refractivity contribution in [2.75, 3.05) is 33.9 Å². The van der Waals surface area contributed by atoms with Gasteiger partial charge >= 0.3 is 0 Å². The molecule has 1 heterocycles. The fraction of sp³-hybridized carbons (Fsp3) is 1.00. The summed E-state index contributed by atoms with van der Waals surface area (Å²) >= 11 is 0. The Kier molecular flexibility index (Phi) is 3.83. The van der Waals surface area contributed by atoms with E-state index >= 15 is 0 Å². The number of rotatable bonds is 3. The second kappa shape index (κ2) is 4.70. The third-order valence-electron chi connectivity index (χ3n) is 2.11. The summed E-state index contributed by atoms with van der Waals surface area (Å²) in [6.07, 6.45) is 2.54. The lowest BCUT2D eigenvalue weighted by Crippen LogP contribution is -2.45. The van der Waals surface area contributed by atoms with E-state index in [1.807, 2.05) is 0 Å². The zero-order chi connectivity index (χ0) is 8.10. The summed E-state index contributed by atoms with van der Waals surface area (Å²) in [5.41, 5.74) is 0. The lowest BCUT2D eigenvalue weighted by molar-refractivity contribution is 0.318. The number of nitrogens with zero attached hydrogens (tertiary/aromatic N) is 1. The molecule has 0 aromatic carbocycles. The Labute approximate surface area is 69.1 Å². The van der Waals surface area contributed by atoms with Crippen molar-refractivity contribution in [3.8, 4) is 0 Å². The highest BCUT2D eigenvalue weighted by molar-refractivity contribution is 4.72. The molecule has 1 saturated heterocycles. The summed E-state index contributed by atoms with van der Waals surface area (Å²) in [7, 11) is 4.25. The Balaban J connectivity index is 2.05. The van der Waals surface area contributed by atoms with Gasteiger partial charge in [0.05, 0.1) is 0 Å². The number of hydrogen-bond acceptors (Lipinski definition) is 3. The first-order chi connectivity index (χ1) is 5.29. The lowest BCUT2D eigenvalue weighted by atomic mass is 10.1. The zero-order valence-corrected chi connectivity index (χ0v) is 7.56. The molecule has 0 amide bonds. The standard InChI is InChI=1S/C8H19N3/c1-11(2)6-4-8-3-5-9-7-10-8/h8-10H,3-7H2,1-2H3. The van der Waals surface area contributed by atoms with Gasteiger partial charge in [0, 0.05) is 12.7 Å². The van der Waals surface area contributed by atoms with Crippen LogP contribution in [-0.4, -0.2) is 44.8 Å². The minimum atomic E-state index is 0.735. The van der Waals surface area contributed by atoms with Crippen molar-refractivity contribution in [2.45, 2.75) is 18.9 Å². The zero-order valence-electron chi connectivity index (χ0n) is 7.56. The van der Waals surface area contributed by atoms with Crippen LogP contribution in [-0.2, 0) is 0 Å². The molecule has 0 radical (unpaired) electrons. The molecular weight excluding hydrogens is 138 g/mol. The van der Waals surface area contributed by atoms with Crippen molar-refractivity contribution in [1.29, 1.82) is 0 Å². The van der Waals surface area contributed by atoms with E-state index in [1.54, 1.807) is 0 Å². The quantitative estimate of drug-likeness (QED) is 0.596. The molecule has 1 atom stereocenters. The summed E-state index contributed by atoms with van der Waals surface area (Å²) < 4.78 is 0. The van der Waals surface area contributed by atoms with Gasteiger partial charge in [-0.2, -0.15) is 0 Å². The Hall–Kier alpha value is -0.120. The number of nitrogens with one attached hydrogen (secondary N) is 2. The molecule has 0 aliphatic carbocycles. The smallest absolute Gasteiger partial charge is 0.0456 e. The minimum absolute atomic E-state index is 0.735. The molecule has 0 spiro atoms. The van der Waals surface area contributed by atoms with E-state index in [0.717, 1.165) is 12.7 Å². The maximum absolute atomic E-state index is 3.44. The summed E-state index contributed by atoms with van der Waals surface area (Å²) in [6, 6.07) is 0.735. The van der Waals surface area contributed by atoms with Crippen LogP contribution in [0, 0.1) is 0 Å². The van der Waals surface area contributed by atoms with Gasteiger partial charge < -0.3 is 15.5 Å². The van der Waals surface area contributed by atoms with E-state index < -0.39 is 0 Å². The summed E-state index contributed by atoms with van der Waals surface area (Å²) in [5.74, 6) is 0. The van der Waals surface area contributed by atoms with E-state index in [-0.39, 0.29) is 0 Å². The van der Waals surface area contributed by atoms with Crippen molar-refractivity contribution in [1.82, 2.24) is 15.5 Å². The van der Waals surface area contributed by atoms with Gasteiger partial charge in [0.1, 0.15) is 0 Å². The van der Waals surface area contributed by atoms with Crippen LogP contribution in [0.2, 0.25) is 0 Å². The van der Waals surface area contributed by atoms with E-state index in [9.17, 15) is 0 Å². The van der Waals surface area contributed by atoms with Crippen LogP contribution in [0.25, 0.3) is 0 Å². The first kappa shape index (κ1) is 8.97. The van der Waals surface area contributed by atoms with Crippen LogP contribution in [0.3, 0.4) is 0 Å². The van der Waals surface area contributed by atoms with Crippen molar-refractivity contribution < 1.29 is 0 Å². The van der Waals surface area contributed by atoms with Crippen LogP contribution in [0.15, 0.2) is 0 Å². The fourth-order valence-electron chi connectivity index (χ4n) is 1.34. The SMILES string of the molecule is CN(C)CCC1CCNCN1.